The molecule has 1 saturated heterocycles. The van der Waals surface area contributed by atoms with Crippen LogP contribution in [0.2, 0.25) is 0 Å². The lowest BCUT2D eigenvalue weighted by Gasteiger charge is -2.23. The van der Waals surface area contributed by atoms with Crippen LogP contribution >= 0.6 is 11.3 Å². The monoisotopic (exact) mass is 520 g/mol. The lowest BCUT2D eigenvalue weighted by molar-refractivity contribution is -0.132. The average molecular weight is 521 g/mol. The summed E-state index contributed by atoms with van der Waals surface area (Å²) in [6, 6.07) is 13.1. The van der Waals surface area contributed by atoms with E-state index in [2.05, 4.69) is 4.98 Å². The molecule has 3 aromatic rings. The summed E-state index contributed by atoms with van der Waals surface area (Å²) in [5.74, 6) is -1.95. The summed E-state index contributed by atoms with van der Waals surface area (Å²) in [5.41, 5.74) is 2.28. The van der Waals surface area contributed by atoms with Crippen molar-refractivity contribution in [3.63, 3.8) is 0 Å². The first-order chi connectivity index (χ1) is 17.8. The highest BCUT2D eigenvalue weighted by Crippen LogP contribution is 2.44. The van der Waals surface area contributed by atoms with Gasteiger partial charge in [0.25, 0.3) is 5.78 Å². The second-order valence-electron chi connectivity index (χ2n) is 8.59. The number of carbonyl (C=O) groups excluding carboxylic acids is 3. The first kappa shape index (κ1) is 26.1. The van der Waals surface area contributed by atoms with Crippen molar-refractivity contribution in [2.75, 3.05) is 18.1 Å². The zero-order valence-electron chi connectivity index (χ0n) is 21.1. The molecule has 1 aliphatic rings. The van der Waals surface area contributed by atoms with Crippen LogP contribution in [-0.4, -0.2) is 41.0 Å². The molecule has 0 saturated carbocycles. The van der Waals surface area contributed by atoms with Gasteiger partial charge in [0.05, 0.1) is 30.5 Å². The molecule has 1 aliphatic heterocycles. The van der Waals surface area contributed by atoms with Gasteiger partial charge in [0.15, 0.2) is 5.13 Å². The number of nitrogens with zero attached hydrogens (tertiary/aromatic N) is 2. The second kappa shape index (κ2) is 11.0. The van der Waals surface area contributed by atoms with Crippen LogP contribution in [0.1, 0.15) is 58.4 Å². The minimum Gasteiger partial charge on any atom is -0.507 e. The van der Waals surface area contributed by atoms with Crippen molar-refractivity contribution in [3.05, 3.63) is 81.4 Å². The maximum absolute atomic E-state index is 13.4. The highest BCUT2D eigenvalue weighted by molar-refractivity contribution is 7.17. The normalized spacial score (nSPS) is 16.8. The number of aromatic nitrogens is 1. The highest BCUT2D eigenvalue weighted by atomic mass is 32.1. The molecule has 0 bridgehead atoms. The van der Waals surface area contributed by atoms with E-state index in [1.54, 1.807) is 50.2 Å². The zero-order chi connectivity index (χ0) is 26.7. The van der Waals surface area contributed by atoms with Crippen LogP contribution in [0, 0.1) is 13.8 Å². The third kappa shape index (κ3) is 5.13. The highest BCUT2D eigenvalue weighted by Gasteiger charge is 2.48. The third-order valence-electron chi connectivity index (χ3n) is 5.87. The Morgan fingerprint density at radius 2 is 1.84 bits per heavy atom. The van der Waals surface area contributed by atoms with Gasteiger partial charge in [-0.2, -0.15) is 0 Å². The number of anilines is 1. The SMILES string of the molecule is CCCOc1cccc(C2/C(=C(\O)c3ccc(C)cc3)C(=O)C(=O)N2c2nc(C)c(C(=O)OCC)s2)c1. The van der Waals surface area contributed by atoms with Crippen LogP contribution in [-0.2, 0) is 14.3 Å². The number of aliphatic hydroxyl groups excluding tert-OH is 1. The van der Waals surface area contributed by atoms with Crippen molar-refractivity contribution < 1.29 is 29.0 Å². The van der Waals surface area contributed by atoms with E-state index >= 15 is 0 Å². The maximum Gasteiger partial charge on any atom is 0.350 e. The summed E-state index contributed by atoms with van der Waals surface area (Å²) in [5, 5.41) is 11.4. The van der Waals surface area contributed by atoms with Gasteiger partial charge in [-0.1, -0.05) is 60.2 Å². The van der Waals surface area contributed by atoms with Gasteiger partial charge < -0.3 is 14.6 Å². The molecular weight excluding hydrogens is 492 g/mol. The lowest BCUT2D eigenvalue weighted by atomic mass is 9.95. The van der Waals surface area contributed by atoms with Crippen LogP contribution in [0.15, 0.2) is 54.1 Å². The number of aryl methyl sites for hydroxylation is 2. The summed E-state index contributed by atoms with van der Waals surface area (Å²) < 4.78 is 10.9. The molecule has 1 N–H and O–H groups in total. The predicted molar refractivity (Wildman–Crippen MR) is 141 cm³/mol. The van der Waals surface area contributed by atoms with E-state index in [9.17, 15) is 19.5 Å². The number of ketones is 1. The first-order valence-electron chi connectivity index (χ1n) is 12.0. The van der Waals surface area contributed by atoms with E-state index in [0.29, 0.717) is 29.2 Å². The lowest BCUT2D eigenvalue weighted by Crippen LogP contribution is -2.29. The molecule has 2 heterocycles. The van der Waals surface area contributed by atoms with E-state index in [1.807, 2.05) is 26.0 Å². The van der Waals surface area contributed by atoms with Crippen molar-refractivity contribution in [2.24, 2.45) is 0 Å². The number of rotatable bonds is 8. The van der Waals surface area contributed by atoms with E-state index < -0.39 is 23.7 Å². The fourth-order valence-electron chi connectivity index (χ4n) is 4.08. The van der Waals surface area contributed by atoms with Gasteiger partial charge in [0.2, 0.25) is 0 Å². The topological polar surface area (TPSA) is 106 Å². The number of Topliss-reactive ketones (excluding diaryl/α,β-unsaturated/α-hetero) is 1. The molecule has 37 heavy (non-hydrogen) atoms. The largest absolute Gasteiger partial charge is 0.507 e. The number of hydrogen-bond donors (Lipinski definition) is 1. The molecule has 0 radical (unpaired) electrons. The minimum atomic E-state index is -0.980. The van der Waals surface area contributed by atoms with Crippen molar-refractivity contribution in [1.82, 2.24) is 4.98 Å². The van der Waals surface area contributed by atoms with Crippen LogP contribution in [0.25, 0.3) is 5.76 Å². The molecule has 8 nitrogen and oxygen atoms in total. The minimum absolute atomic E-state index is 0.0629. The molecule has 1 atom stereocenters. The molecule has 1 fully saturated rings. The molecule has 1 unspecified atom stereocenters. The molecule has 2 aromatic carbocycles. The zero-order valence-corrected chi connectivity index (χ0v) is 21.9. The van der Waals surface area contributed by atoms with Crippen molar-refractivity contribution in [3.8, 4) is 5.75 Å². The number of benzene rings is 2. The van der Waals surface area contributed by atoms with Crippen molar-refractivity contribution >= 4 is 39.9 Å². The Labute approximate surface area is 219 Å². The Kier molecular flexibility index (Phi) is 7.73. The Morgan fingerprint density at radius 3 is 2.51 bits per heavy atom. The van der Waals surface area contributed by atoms with E-state index in [4.69, 9.17) is 9.47 Å². The number of aliphatic hydroxyl groups is 1. The van der Waals surface area contributed by atoms with Crippen LogP contribution in [0.5, 0.6) is 5.75 Å². The third-order valence-corrected chi connectivity index (χ3v) is 7.01. The quantitative estimate of drug-likeness (QED) is 0.185. The molecular formula is C28H28N2O6S. The summed E-state index contributed by atoms with van der Waals surface area (Å²) >= 11 is 0.970. The van der Waals surface area contributed by atoms with Crippen LogP contribution < -0.4 is 9.64 Å². The fourth-order valence-corrected chi connectivity index (χ4v) is 5.07. The summed E-state index contributed by atoms with van der Waals surface area (Å²) in [4.78, 5) is 45.2. The number of amides is 1. The molecule has 4 rings (SSSR count). The van der Waals surface area contributed by atoms with Crippen molar-refractivity contribution in [1.29, 1.82) is 0 Å². The Hall–Kier alpha value is -3.98. The van der Waals surface area contributed by atoms with Crippen molar-refractivity contribution in [2.45, 2.75) is 40.2 Å². The molecule has 192 valence electrons. The van der Waals surface area contributed by atoms with E-state index in [1.165, 1.54) is 4.90 Å². The van der Waals surface area contributed by atoms with Gasteiger partial charge in [0.1, 0.15) is 16.4 Å². The van der Waals surface area contributed by atoms with Gasteiger partial charge in [0, 0.05) is 5.56 Å². The second-order valence-corrected chi connectivity index (χ2v) is 9.57. The smallest absolute Gasteiger partial charge is 0.350 e. The number of esters is 1. The van der Waals surface area contributed by atoms with Crippen LogP contribution in [0.3, 0.4) is 0 Å². The van der Waals surface area contributed by atoms with Gasteiger partial charge in [-0.3, -0.25) is 14.5 Å². The van der Waals surface area contributed by atoms with Crippen LogP contribution in [0.4, 0.5) is 5.13 Å². The van der Waals surface area contributed by atoms with E-state index in [-0.39, 0.29) is 27.9 Å². The standard InChI is InChI=1S/C28H28N2O6S/c1-5-14-36-20-9-7-8-19(15-20)22-21(23(31)18-12-10-16(3)11-13-18)24(32)26(33)30(22)28-29-17(4)25(37-28)27(34)35-6-2/h7-13,15,22,31H,5-6,14H2,1-4H3/b23-21+. The maximum atomic E-state index is 13.4. The first-order valence-corrected chi connectivity index (χ1v) is 12.8. The Bertz CT molecular complexity index is 1380. The Balaban J connectivity index is 1.90. The number of carbonyl (C=O) groups is 3. The number of ether oxygens (including phenoxy) is 2. The molecule has 1 aromatic heterocycles. The molecule has 0 spiro atoms. The number of hydrogen-bond acceptors (Lipinski definition) is 8. The van der Waals surface area contributed by atoms with Gasteiger partial charge >= 0.3 is 11.9 Å². The number of thiazole rings is 1. The van der Waals surface area contributed by atoms with Gasteiger partial charge in [-0.15, -0.1) is 0 Å². The fraction of sp³-hybridized carbons (Fsp3) is 0.286. The van der Waals surface area contributed by atoms with E-state index in [0.717, 1.165) is 23.3 Å². The molecule has 9 heteroatoms. The molecule has 0 aliphatic carbocycles. The summed E-state index contributed by atoms with van der Waals surface area (Å²) in [7, 11) is 0. The summed E-state index contributed by atoms with van der Waals surface area (Å²) in [6.07, 6.45) is 0.811. The summed E-state index contributed by atoms with van der Waals surface area (Å²) in [6.45, 7) is 7.94. The van der Waals surface area contributed by atoms with Gasteiger partial charge in [-0.05, 0) is 44.9 Å². The predicted octanol–water partition coefficient (Wildman–Crippen LogP) is 5.35. The average Bonchev–Trinajstić information content (AvgIpc) is 3.40. The van der Waals surface area contributed by atoms with Gasteiger partial charge in [-0.25, -0.2) is 9.78 Å². The Morgan fingerprint density at radius 1 is 1.11 bits per heavy atom. The molecule has 1 amide bonds.